The quantitative estimate of drug-likeness (QED) is 0.621. The van der Waals surface area contributed by atoms with Gasteiger partial charge in [0, 0.05) is 27.8 Å². The molecule has 1 aromatic carbocycles. The van der Waals surface area contributed by atoms with E-state index in [-0.39, 0.29) is 5.78 Å². The van der Waals surface area contributed by atoms with Crippen LogP contribution in [0.2, 0.25) is 0 Å². The van der Waals surface area contributed by atoms with Gasteiger partial charge in [0.25, 0.3) is 0 Å². The molecule has 2 rings (SSSR count). The highest BCUT2D eigenvalue weighted by molar-refractivity contribution is 9.10. The highest BCUT2D eigenvalue weighted by atomic mass is 79.9. The molecule has 0 unspecified atom stereocenters. The topological polar surface area (TPSA) is 34.9 Å². The summed E-state index contributed by atoms with van der Waals surface area (Å²) in [4.78, 5) is 12.1. The van der Waals surface area contributed by atoms with Gasteiger partial charge in [-0.1, -0.05) is 15.9 Å². The molecule has 3 nitrogen and oxygen atoms in total. The summed E-state index contributed by atoms with van der Waals surface area (Å²) >= 11 is 3.36. The first kappa shape index (κ1) is 14.7. The van der Waals surface area contributed by atoms with E-state index < -0.39 is 0 Å². The molecule has 104 valence electrons. The van der Waals surface area contributed by atoms with E-state index in [4.69, 9.17) is 0 Å². The molecule has 0 fully saturated rings. The molecule has 0 aliphatic heterocycles. The molecule has 0 N–H and O–H groups in total. The van der Waals surface area contributed by atoms with E-state index >= 15 is 0 Å². The zero-order valence-corrected chi connectivity index (χ0v) is 13.4. The molecule has 0 aliphatic carbocycles. The number of carbonyl (C=O) groups is 1. The Labute approximate surface area is 127 Å². The Bertz CT molecular complexity index is 654. The van der Waals surface area contributed by atoms with E-state index in [0.29, 0.717) is 5.56 Å². The van der Waals surface area contributed by atoms with Crippen LogP contribution in [0.25, 0.3) is 6.08 Å². The van der Waals surface area contributed by atoms with Crippen molar-refractivity contribution in [2.75, 3.05) is 0 Å². The van der Waals surface area contributed by atoms with E-state index in [1.807, 2.05) is 48.9 Å². The average Bonchev–Trinajstić information content (AvgIpc) is 2.71. The number of hydrogen-bond donors (Lipinski definition) is 0. The molecule has 0 bridgehead atoms. The Morgan fingerprint density at radius 1 is 1.30 bits per heavy atom. The van der Waals surface area contributed by atoms with Crippen LogP contribution in [0.3, 0.4) is 0 Å². The Morgan fingerprint density at radius 3 is 2.50 bits per heavy atom. The van der Waals surface area contributed by atoms with Gasteiger partial charge in [-0.15, -0.1) is 0 Å². The van der Waals surface area contributed by atoms with E-state index in [9.17, 15) is 4.79 Å². The third-order valence-electron chi connectivity index (χ3n) is 3.27. The van der Waals surface area contributed by atoms with Crippen LogP contribution < -0.4 is 0 Å². The molecule has 0 amide bonds. The minimum Gasteiger partial charge on any atom is -0.289 e. The second-order valence-electron chi connectivity index (χ2n) is 4.60. The molecular weight excluding hydrogens is 316 g/mol. The summed E-state index contributed by atoms with van der Waals surface area (Å²) in [6, 6.07) is 7.36. The zero-order valence-electron chi connectivity index (χ0n) is 11.9. The van der Waals surface area contributed by atoms with Crippen molar-refractivity contribution < 1.29 is 4.79 Å². The average molecular weight is 333 g/mol. The SMILES string of the molecule is CCn1nc(C)c(/C=C/C(=O)c2ccc(Br)cc2)c1C. The van der Waals surface area contributed by atoms with Gasteiger partial charge >= 0.3 is 0 Å². The van der Waals surface area contributed by atoms with Crippen LogP contribution in [0.15, 0.2) is 34.8 Å². The van der Waals surface area contributed by atoms with Gasteiger partial charge in [-0.05, 0) is 57.2 Å². The Balaban J connectivity index is 2.23. The summed E-state index contributed by atoms with van der Waals surface area (Å²) in [7, 11) is 0. The van der Waals surface area contributed by atoms with Crippen molar-refractivity contribution in [1.29, 1.82) is 0 Å². The molecule has 0 radical (unpaired) electrons. The number of hydrogen-bond acceptors (Lipinski definition) is 2. The van der Waals surface area contributed by atoms with Gasteiger partial charge in [0.15, 0.2) is 5.78 Å². The van der Waals surface area contributed by atoms with Crippen molar-refractivity contribution in [1.82, 2.24) is 9.78 Å². The standard InChI is InChI=1S/C16H17BrN2O/c1-4-19-12(3)15(11(2)18-19)9-10-16(20)13-5-7-14(17)8-6-13/h5-10H,4H2,1-3H3/b10-9+. The van der Waals surface area contributed by atoms with Gasteiger partial charge in [0.2, 0.25) is 0 Å². The van der Waals surface area contributed by atoms with Crippen LogP contribution in [0, 0.1) is 13.8 Å². The first-order chi connectivity index (χ1) is 9.52. The van der Waals surface area contributed by atoms with E-state index in [1.165, 1.54) is 0 Å². The number of rotatable bonds is 4. The summed E-state index contributed by atoms with van der Waals surface area (Å²) < 4.78 is 2.91. The summed E-state index contributed by atoms with van der Waals surface area (Å²) in [5.41, 5.74) is 3.74. The maximum atomic E-state index is 12.1. The lowest BCUT2D eigenvalue weighted by Gasteiger charge is -1.99. The lowest BCUT2D eigenvalue weighted by atomic mass is 10.1. The van der Waals surface area contributed by atoms with Crippen LogP contribution in [-0.2, 0) is 6.54 Å². The lowest BCUT2D eigenvalue weighted by molar-refractivity contribution is 0.104. The second-order valence-corrected chi connectivity index (χ2v) is 5.52. The van der Waals surface area contributed by atoms with Crippen molar-refractivity contribution in [2.45, 2.75) is 27.3 Å². The van der Waals surface area contributed by atoms with Gasteiger partial charge in [0.1, 0.15) is 0 Å². The van der Waals surface area contributed by atoms with Crippen molar-refractivity contribution in [3.8, 4) is 0 Å². The zero-order chi connectivity index (χ0) is 14.7. The van der Waals surface area contributed by atoms with Gasteiger partial charge in [-0.2, -0.15) is 5.10 Å². The number of aromatic nitrogens is 2. The van der Waals surface area contributed by atoms with Crippen LogP contribution in [0.5, 0.6) is 0 Å². The molecule has 0 atom stereocenters. The Hall–Kier alpha value is -1.68. The van der Waals surface area contributed by atoms with E-state index in [2.05, 4.69) is 28.0 Å². The molecule has 0 saturated carbocycles. The van der Waals surface area contributed by atoms with Gasteiger partial charge < -0.3 is 0 Å². The third kappa shape index (κ3) is 3.07. The first-order valence-electron chi connectivity index (χ1n) is 6.55. The highest BCUT2D eigenvalue weighted by Crippen LogP contribution is 2.16. The van der Waals surface area contributed by atoms with Crippen LogP contribution in [0.4, 0.5) is 0 Å². The van der Waals surface area contributed by atoms with Crippen LogP contribution in [0.1, 0.15) is 34.2 Å². The van der Waals surface area contributed by atoms with Crippen molar-refractivity contribution >= 4 is 27.8 Å². The van der Waals surface area contributed by atoms with Gasteiger partial charge in [0.05, 0.1) is 5.69 Å². The van der Waals surface area contributed by atoms with Crippen molar-refractivity contribution in [3.05, 3.63) is 57.3 Å². The molecule has 20 heavy (non-hydrogen) atoms. The minimum absolute atomic E-state index is 0.000508. The summed E-state index contributed by atoms with van der Waals surface area (Å²) in [5.74, 6) is 0.000508. The molecule has 0 saturated heterocycles. The van der Waals surface area contributed by atoms with E-state index in [1.54, 1.807) is 6.08 Å². The maximum absolute atomic E-state index is 12.1. The molecule has 0 aliphatic rings. The predicted octanol–water partition coefficient (Wildman–Crippen LogP) is 4.18. The van der Waals surface area contributed by atoms with E-state index in [0.717, 1.165) is 28.0 Å². The fraction of sp³-hybridized carbons (Fsp3) is 0.250. The van der Waals surface area contributed by atoms with Crippen LogP contribution >= 0.6 is 15.9 Å². The number of halogens is 1. The molecule has 1 heterocycles. The number of ketones is 1. The molecule has 4 heteroatoms. The lowest BCUT2D eigenvalue weighted by Crippen LogP contribution is -1.98. The van der Waals surface area contributed by atoms with Crippen LogP contribution in [-0.4, -0.2) is 15.6 Å². The Morgan fingerprint density at radius 2 is 1.95 bits per heavy atom. The molecular formula is C16H17BrN2O. The third-order valence-corrected chi connectivity index (χ3v) is 3.80. The largest absolute Gasteiger partial charge is 0.289 e. The number of allylic oxidation sites excluding steroid dienone is 1. The monoisotopic (exact) mass is 332 g/mol. The Kier molecular flexibility index (Phi) is 4.55. The number of nitrogens with zero attached hydrogens (tertiary/aromatic N) is 2. The smallest absolute Gasteiger partial charge is 0.185 e. The minimum atomic E-state index is 0.000508. The van der Waals surface area contributed by atoms with Gasteiger partial charge in [-0.3, -0.25) is 9.48 Å². The summed E-state index contributed by atoms with van der Waals surface area (Å²) in [6.07, 6.45) is 3.47. The number of aryl methyl sites for hydroxylation is 2. The number of carbonyl (C=O) groups excluding carboxylic acids is 1. The normalized spacial score (nSPS) is 11.2. The van der Waals surface area contributed by atoms with Crippen molar-refractivity contribution in [3.63, 3.8) is 0 Å². The van der Waals surface area contributed by atoms with Crippen molar-refractivity contribution in [2.24, 2.45) is 0 Å². The molecule has 2 aromatic rings. The predicted molar refractivity (Wildman–Crippen MR) is 84.9 cm³/mol. The first-order valence-corrected chi connectivity index (χ1v) is 7.34. The second kappa shape index (κ2) is 6.18. The highest BCUT2D eigenvalue weighted by Gasteiger charge is 2.08. The fourth-order valence-electron chi connectivity index (χ4n) is 2.13. The fourth-order valence-corrected chi connectivity index (χ4v) is 2.39. The molecule has 1 aromatic heterocycles. The summed E-state index contributed by atoms with van der Waals surface area (Å²) in [6.45, 7) is 6.87. The maximum Gasteiger partial charge on any atom is 0.185 e. The summed E-state index contributed by atoms with van der Waals surface area (Å²) in [5, 5.41) is 4.44. The number of benzene rings is 1. The molecule has 0 spiro atoms. The van der Waals surface area contributed by atoms with Gasteiger partial charge in [-0.25, -0.2) is 0 Å².